The predicted octanol–water partition coefficient (Wildman–Crippen LogP) is 2.91. The Labute approximate surface area is 117 Å². The van der Waals surface area contributed by atoms with Crippen LogP contribution in [0, 0.1) is 0 Å². The van der Waals surface area contributed by atoms with E-state index < -0.39 is 0 Å². The van der Waals surface area contributed by atoms with E-state index in [1.807, 2.05) is 18.2 Å². The molecule has 0 aliphatic carbocycles. The Morgan fingerprint density at radius 1 is 0.950 bits per heavy atom. The van der Waals surface area contributed by atoms with Gasteiger partial charge in [-0.25, -0.2) is 0 Å². The summed E-state index contributed by atoms with van der Waals surface area (Å²) in [6, 6.07) is 14.2. The largest absolute Gasteiger partial charge is 0.496 e. The monoisotopic (exact) mass is 272 g/mol. The summed E-state index contributed by atoms with van der Waals surface area (Å²) < 4.78 is 15.6. The first-order valence-electron chi connectivity index (χ1n) is 6.16. The Bertz CT molecular complexity index is 578. The number of benzene rings is 2. The minimum absolute atomic E-state index is 0.0717. The highest BCUT2D eigenvalue weighted by Crippen LogP contribution is 2.30. The number of carbonyl (C=O) groups is 1. The molecule has 0 aromatic heterocycles. The van der Waals surface area contributed by atoms with Gasteiger partial charge in [0.1, 0.15) is 17.1 Å². The number of ether oxygens (including phenoxy) is 3. The summed E-state index contributed by atoms with van der Waals surface area (Å²) in [6.45, 7) is 0.0717. The molecular formula is C16H16O4. The summed E-state index contributed by atoms with van der Waals surface area (Å²) in [6.07, 6.45) is 0. The van der Waals surface area contributed by atoms with Crippen molar-refractivity contribution < 1.29 is 19.0 Å². The molecule has 4 heteroatoms. The first kappa shape index (κ1) is 14.1. The van der Waals surface area contributed by atoms with Crippen LogP contribution in [-0.2, 0) is 4.74 Å². The molecule has 0 bridgehead atoms. The Kier molecular flexibility index (Phi) is 4.74. The van der Waals surface area contributed by atoms with Gasteiger partial charge in [0.25, 0.3) is 0 Å². The van der Waals surface area contributed by atoms with Crippen molar-refractivity contribution in [3.8, 4) is 11.5 Å². The highest BCUT2D eigenvalue weighted by molar-refractivity contribution is 6.12. The molecule has 0 fully saturated rings. The molecule has 0 aliphatic heterocycles. The van der Waals surface area contributed by atoms with Crippen LogP contribution in [-0.4, -0.2) is 26.8 Å². The number of hydrogen-bond donors (Lipinski definition) is 0. The van der Waals surface area contributed by atoms with E-state index in [4.69, 9.17) is 14.2 Å². The van der Waals surface area contributed by atoms with E-state index in [1.54, 1.807) is 30.3 Å². The van der Waals surface area contributed by atoms with Crippen molar-refractivity contribution in [3.63, 3.8) is 0 Å². The number of methoxy groups -OCH3 is 2. The van der Waals surface area contributed by atoms with Gasteiger partial charge in [-0.15, -0.1) is 0 Å². The molecule has 104 valence electrons. The Morgan fingerprint density at radius 3 is 2.30 bits per heavy atom. The fourth-order valence-electron chi connectivity index (χ4n) is 1.88. The molecule has 0 unspecified atom stereocenters. The third-order valence-electron chi connectivity index (χ3n) is 2.80. The molecule has 4 nitrogen and oxygen atoms in total. The number of carbonyl (C=O) groups excluding carboxylic acids is 1. The summed E-state index contributed by atoms with van der Waals surface area (Å²) in [7, 11) is 3.05. The fraction of sp³-hybridized carbons (Fsp3) is 0.188. The first-order valence-corrected chi connectivity index (χ1v) is 6.16. The highest BCUT2D eigenvalue weighted by Gasteiger charge is 2.19. The molecule has 0 spiro atoms. The lowest BCUT2D eigenvalue weighted by Crippen LogP contribution is -2.09. The second-order valence-electron chi connectivity index (χ2n) is 4.08. The summed E-state index contributed by atoms with van der Waals surface area (Å²) in [5, 5.41) is 0. The molecule has 0 radical (unpaired) electrons. The maximum Gasteiger partial charge on any atom is 0.200 e. The van der Waals surface area contributed by atoms with E-state index >= 15 is 0 Å². The van der Waals surface area contributed by atoms with Gasteiger partial charge in [-0.1, -0.05) is 36.4 Å². The molecular weight excluding hydrogens is 256 g/mol. The van der Waals surface area contributed by atoms with Gasteiger partial charge in [0.15, 0.2) is 6.79 Å². The van der Waals surface area contributed by atoms with E-state index in [1.165, 1.54) is 14.2 Å². The van der Waals surface area contributed by atoms with Crippen LogP contribution >= 0.6 is 0 Å². The van der Waals surface area contributed by atoms with Crippen LogP contribution in [0.25, 0.3) is 0 Å². The SMILES string of the molecule is COCOc1cccc(OC)c1C(=O)c1ccccc1. The molecule has 20 heavy (non-hydrogen) atoms. The number of hydrogen-bond acceptors (Lipinski definition) is 4. The second-order valence-corrected chi connectivity index (χ2v) is 4.08. The number of rotatable bonds is 6. The van der Waals surface area contributed by atoms with Gasteiger partial charge in [-0.05, 0) is 12.1 Å². The topological polar surface area (TPSA) is 44.8 Å². The van der Waals surface area contributed by atoms with Gasteiger partial charge in [0, 0.05) is 12.7 Å². The van der Waals surface area contributed by atoms with Gasteiger partial charge in [0.05, 0.1) is 7.11 Å². The zero-order valence-corrected chi connectivity index (χ0v) is 11.5. The Hall–Kier alpha value is -2.33. The van der Waals surface area contributed by atoms with E-state index in [0.717, 1.165) is 0 Å². The highest BCUT2D eigenvalue weighted by atomic mass is 16.7. The summed E-state index contributed by atoms with van der Waals surface area (Å²) in [4.78, 5) is 12.6. The van der Waals surface area contributed by atoms with Crippen LogP contribution in [0.15, 0.2) is 48.5 Å². The quantitative estimate of drug-likeness (QED) is 0.599. The lowest BCUT2D eigenvalue weighted by molar-refractivity contribution is 0.0501. The smallest absolute Gasteiger partial charge is 0.200 e. The molecule has 0 saturated heterocycles. The fourth-order valence-corrected chi connectivity index (χ4v) is 1.88. The van der Waals surface area contributed by atoms with Crippen molar-refractivity contribution in [1.29, 1.82) is 0 Å². The van der Waals surface area contributed by atoms with Crippen LogP contribution in [0.3, 0.4) is 0 Å². The summed E-state index contributed by atoms with van der Waals surface area (Å²) in [5.41, 5.74) is 0.984. The number of ketones is 1. The van der Waals surface area contributed by atoms with E-state index in [-0.39, 0.29) is 12.6 Å². The lowest BCUT2D eigenvalue weighted by atomic mass is 10.0. The zero-order valence-electron chi connectivity index (χ0n) is 11.5. The summed E-state index contributed by atoms with van der Waals surface area (Å²) in [5.74, 6) is 0.779. The van der Waals surface area contributed by atoms with Crippen LogP contribution in [0.1, 0.15) is 15.9 Å². The minimum atomic E-state index is -0.144. The third-order valence-corrected chi connectivity index (χ3v) is 2.80. The van der Waals surface area contributed by atoms with E-state index in [9.17, 15) is 4.79 Å². The van der Waals surface area contributed by atoms with Crippen LogP contribution in [0.4, 0.5) is 0 Å². The summed E-state index contributed by atoms with van der Waals surface area (Å²) >= 11 is 0. The molecule has 0 aliphatic rings. The zero-order chi connectivity index (χ0) is 14.4. The minimum Gasteiger partial charge on any atom is -0.496 e. The van der Waals surface area contributed by atoms with Crippen molar-refractivity contribution in [2.75, 3.05) is 21.0 Å². The van der Waals surface area contributed by atoms with Crippen molar-refractivity contribution in [3.05, 3.63) is 59.7 Å². The van der Waals surface area contributed by atoms with Gasteiger partial charge in [-0.3, -0.25) is 4.79 Å². The first-order chi connectivity index (χ1) is 9.77. The van der Waals surface area contributed by atoms with Crippen molar-refractivity contribution >= 4 is 5.78 Å². The molecule has 0 atom stereocenters. The third kappa shape index (κ3) is 2.97. The van der Waals surface area contributed by atoms with Gasteiger partial charge in [-0.2, -0.15) is 0 Å². The second kappa shape index (κ2) is 6.73. The van der Waals surface area contributed by atoms with Gasteiger partial charge < -0.3 is 14.2 Å². The van der Waals surface area contributed by atoms with Crippen LogP contribution in [0.5, 0.6) is 11.5 Å². The predicted molar refractivity (Wildman–Crippen MR) is 75.4 cm³/mol. The maximum absolute atomic E-state index is 12.6. The maximum atomic E-state index is 12.6. The van der Waals surface area contributed by atoms with Crippen molar-refractivity contribution in [2.24, 2.45) is 0 Å². The Balaban J connectivity index is 2.45. The molecule has 0 N–H and O–H groups in total. The van der Waals surface area contributed by atoms with Crippen molar-refractivity contribution in [1.82, 2.24) is 0 Å². The molecule has 0 saturated carbocycles. The molecule has 0 amide bonds. The van der Waals surface area contributed by atoms with E-state index in [0.29, 0.717) is 22.6 Å². The normalized spacial score (nSPS) is 10.1. The van der Waals surface area contributed by atoms with Crippen LogP contribution in [0.2, 0.25) is 0 Å². The van der Waals surface area contributed by atoms with Gasteiger partial charge in [0.2, 0.25) is 5.78 Å². The molecule has 2 aromatic carbocycles. The van der Waals surface area contributed by atoms with E-state index in [2.05, 4.69) is 0 Å². The molecule has 2 rings (SSSR count). The van der Waals surface area contributed by atoms with Crippen molar-refractivity contribution in [2.45, 2.75) is 0 Å². The molecule has 0 heterocycles. The molecule has 2 aromatic rings. The standard InChI is InChI=1S/C16H16O4/c1-18-11-20-14-10-6-9-13(19-2)15(14)16(17)12-7-4-3-5-8-12/h3-10H,11H2,1-2H3. The lowest BCUT2D eigenvalue weighted by Gasteiger charge is -2.13. The Morgan fingerprint density at radius 2 is 1.65 bits per heavy atom. The average molecular weight is 272 g/mol. The van der Waals surface area contributed by atoms with Crippen LogP contribution < -0.4 is 9.47 Å². The average Bonchev–Trinajstić information content (AvgIpc) is 2.52. The van der Waals surface area contributed by atoms with Gasteiger partial charge >= 0.3 is 0 Å².